The van der Waals surface area contributed by atoms with Crippen LogP contribution in [0.1, 0.15) is 33.6 Å². The molecule has 0 amide bonds. The molecule has 0 rings (SSSR count). The van der Waals surface area contributed by atoms with Gasteiger partial charge in [-0.2, -0.15) is 0 Å². The van der Waals surface area contributed by atoms with Gasteiger partial charge in [0.1, 0.15) is 0 Å². The third-order valence-electron chi connectivity index (χ3n) is 1.73. The van der Waals surface area contributed by atoms with E-state index >= 15 is 0 Å². The first-order chi connectivity index (χ1) is 6.77. The second-order valence-corrected chi connectivity index (χ2v) is 4.30. The highest BCUT2D eigenvalue weighted by Crippen LogP contribution is 2.22. The molecule has 84 valence electrons. The summed E-state index contributed by atoms with van der Waals surface area (Å²) < 4.78 is 4.98. The predicted octanol–water partition coefficient (Wildman–Crippen LogP) is 1.44. The average molecular weight is 212 g/mol. The van der Waals surface area contributed by atoms with Crippen molar-refractivity contribution < 1.29 is 19.4 Å². The first kappa shape index (κ1) is 13.5. The van der Waals surface area contributed by atoms with Crippen molar-refractivity contribution in [3.63, 3.8) is 0 Å². The number of carbonyl (C=O) groups is 2. The van der Waals surface area contributed by atoms with Gasteiger partial charge in [-0.15, -0.1) is 6.42 Å². The molecule has 4 heteroatoms. The fraction of sp³-hybridized carbons (Fsp3) is 0.636. The molecule has 0 saturated carbocycles. The number of aliphatic carboxylic acids is 1. The van der Waals surface area contributed by atoms with Crippen LogP contribution in [0.15, 0.2) is 0 Å². The molecular weight excluding hydrogens is 196 g/mol. The molecule has 0 radical (unpaired) electrons. The van der Waals surface area contributed by atoms with Crippen LogP contribution >= 0.6 is 0 Å². The highest BCUT2D eigenvalue weighted by molar-refractivity contribution is 5.76. The number of carboxylic acids is 1. The van der Waals surface area contributed by atoms with Gasteiger partial charge >= 0.3 is 11.9 Å². The molecule has 1 unspecified atom stereocenters. The number of hydrogen-bond donors (Lipinski definition) is 1. The molecule has 0 bridgehead atoms. The van der Waals surface area contributed by atoms with E-state index < -0.39 is 18.0 Å². The number of carboxylic acid groups (broad SMARTS) is 1. The minimum atomic E-state index is -1.03. The van der Waals surface area contributed by atoms with Crippen molar-refractivity contribution in [3.05, 3.63) is 0 Å². The maximum absolute atomic E-state index is 11.2. The van der Waals surface area contributed by atoms with Crippen molar-refractivity contribution in [2.24, 2.45) is 5.41 Å². The standard InChI is InChI=1S/C11H16O4/c1-5-8(11(2,3)4)15-10(14)7-6-9(12)13/h1,8H,6-7H2,2-4H3,(H,12,13). The Bertz CT molecular complexity index is 280. The van der Waals surface area contributed by atoms with E-state index in [1.165, 1.54) is 0 Å². The Hall–Kier alpha value is -1.50. The Morgan fingerprint density at radius 3 is 2.27 bits per heavy atom. The van der Waals surface area contributed by atoms with E-state index in [4.69, 9.17) is 16.3 Å². The molecule has 0 aliphatic rings. The Kier molecular flexibility index (Phi) is 4.86. The largest absolute Gasteiger partial charge is 0.481 e. The molecular formula is C11H16O4. The van der Waals surface area contributed by atoms with Gasteiger partial charge in [-0.1, -0.05) is 26.7 Å². The fourth-order valence-corrected chi connectivity index (χ4v) is 0.860. The number of terminal acetylenes is 1. The summed E-state index contributed by atoms with van der Waals surface area (Å²) in [6.45, 7) is 5.55. The summed E-state index contributed by atoms with van der Waals surface area (Å²) in [7, 11) is 0. The topological polar surface area (TPSA) is 63.6 Å². The van der Waals surface area contributed by atoms with Gasteiger partial charge in [0, 0.05) is 5.41 Å². The van der Waals surface area contributed by atoms with E-state index in [2.05, 4.69) is 5.92 Å². The first-order valence-electron chi connectivity index (χ1n) is 4.64. The second-order valence-electron chi connectivity index (χ2n) is 4.30. The van der Waals surface area contributed by atoms with E-state index in [0.29, 0.717) is 0 Å². The van der Waals surface area contributed by atoms with E-state index in [1.54, 1.807) is 0 Å². The molecule has 1 N–H and O–H groups in total. The van der Waals surface area contributed by atoms with Gasteiger partial charge in [0.2, 0.25) is 0 Å². The minimum absolute atomic E-state index is 0.149. The third-order valence-corrected chi connectivity index (χ3v) is 1.73. The summed E-state index contributed by atoms with van der Waals surface area (Å²) >= 11 is 0. The zero-order chi connectivity index (χ0) is 12.1. The summed E-state index contributed by atoms with van der Waals surface area (Å²) in [6, 6.07) is 0. The normalized spacial score (nSPS) is 12.7. The fourth-order valence-electron chi connectivity index (χ4n) is 0.860. The Morgan fingerprint density at radius 1 is 1.40 bits per heavy atom. The highest BCUT2D eigenvalue weighted by Gasteiger charge is 2.26. The van der Waals surface area contributed by atoms with Crippen LogP contribution in [-0.2, 0) is 14.3 Å². The quantitative estimate of drug-likeness (QED) is 0.565. The summed E-state index contributed by atoms with van der Waals surface area (Å²) in [4.78, 5) is 21.4. The third kappa shape index (κ3) is 5.74. The molecule has 0 saturated heterocycles. The molecule has 0 aromatic rings. The lowest BCUT2D eigenvalue weighted by Crippen LogP contribution is -2.30. The van der Waals surface area contributed by atoms with Crippen molar-refractivity contribution in [2.45, 2.75) is 39.7 Å². The molecule has 0 aliphatic carbocycles. The lowest BCUT2D eigenvalue weighted by Gasteiger charge is -2.25. The van der Waals surface area contributed by atoms with Gasteiger partial charge in [-0.25, -0.2) is 0 Å². The van der Waals surface area contributed by atoms with Crippen LogP contribution in [0.3, 0.4) is 0 Å². The molecule has 0 fully saturated rings. The number of esters is 1. The van der Waals surface area contributed by atoms with Crippen molar-refractivity contribution >= 4 is 11.9 Å². The number of hydrogen-bond acceptors (Lipinski definition) is 3. The Balaban J connectivity index is 4.16. The van der Waals surface area contributed by atoms with Crippen LogP contribution in [-0.4, -0.2) is 23.1 Å². The van der Waals surface area contributed by atoms with E-state index in [9.17, 15) is 9.59 Å². The molecule has 0 spiro atoms. The van der Waals surface area contributed by atoms with Crippen molar-refractivity contribution in [2.75, 3.05) is 0 Å². The maximum atomic E-state index is 11.2. The Morgan fingerprint density at radius 2 is 1.93 bits per heavy atom. The average Bonchev–Trinajstić information content (AvgIpc) is 2.08. The van der Waals surface area contributed by atoms with Crippen LogP contribution in [0.2, 0.25) is 0 Å². The Labute approximate surface area is 89.6 Å². The van der Waals surface area contributed by atoms with Crippen LogP contribution in [0.4, 0.5) is 0 Å². The highest BCUT2D eigenvalue weighted by atomic mass is 16.5. The molecule has 0 aromatic carbocycles. The minimum Gasteiger partial charge on any atom is -0.481 e. The SMILES string of the molecule is C#CC(OC(=O)CCC(=O)O)C(C)(C)C. The van der Waals surface area contributed by atoms with E-state index in [1.807, 2.05) is 20.8 Å². The molecule has 1 atom stereocenters. The molecule has 0 heterocycles. The summed E-state index contributed by atoms with van der Waals surface area (Å²) in [5.41, 5.74) is -0.340. The maximum Gasteiger partial charge on any atom is 0.307 e. The van der Waals surface area contributed by atoms with Gasteiger partial charge in [-0.3, -0.25) is 9.59 Å². The number of ether oxygens (including phenoxy) is 1. The van der Waals surface area contributed by atoms with E-state index in [0.717, 1.165) is 0 Å². The molecule has 15 heavy (non-hydrogen) atoms. The number of carbonyl (C=O) groups excluding carboxylic acids is 1. The second kappa shape index (κ2) is 5.40. The van der Waals surface area contributed by atoms with Crippen LogP contribution in [0.25, 0.3) is 0 Å². The summed E-state index contributed by atoms with van der Waals surface area (Å²) in [6.07, 6.45) is 4.21. The van der Waals surface area contributed by atoms with Crippen LogP contribution in [0, 0.1) is 17.8 Å². The lowest BCUT2D eigenvalue weighted by atomic mass is 9.89. The predicted molar refractivity (Wildman–Crippen MR) is 55.0 cm³/mol. The van der Waals surface area contributed by atoms with Crippen molar-refractivity contribution in [1.29, 1.82) is 0 Å². The van der Waals surface area contributed by atoms with Crippen LogP contribution < -0.4 is 0 Å². The molecule has 0 aromatic heterocycles. The van der Waals surface area contributed by atoms with Gasteiger partial charge in [0.15, 0.2) is 6.10 Å². The van der Waals surface area contributed by atoms with Gasteiger partial charge in [0.05, 0.1) is 12.8 Å². The zero-order valence-electron chi connectivity index (χ0n) is 9.24. The summed E-state index contributed by atoms with van der Waals surface area (Å²) in [5.74, 6) is 0.768. The van der Waals surface area contributed by atoms with Gasteiger partial charge in [0.25, 0.3) is 0 Å². The first-order valence-corrected chi connectivity index (χ1v) is 4.64. The summed E-state index contributed by atoms with van der Waals surface area (Å²) in [5, 5.41) is 8.37. The van der Waals surface area contributed by atoms with E-state index in [-0.39, 0.29) is 18.3 Å². The van der Waals surface area contributed by atoms with Gasteiger partial charge in [-0.05, 0) is 0 Å². The van der Waals surface area contributed by atoms with Gasteiger partial charge < -0.3 is 9.84 Å². The smallest absolute Gasteiger partial charge is 0.307 e. The molecule has 4 nitrogen and oxygen atoms in total. The van der Waals surface area contributed by atoms with Crippen molar-refractivity contribution in [1.82, 2.24) is 0 Å². The number of rotatable bonds is 4. The lowest BCUT2D eigenvalue weighted by molar-refractivity contribution is -0.153. The molecule has 0 aliphatic heterocycles. The van der Waals surface area contributed by atoms with Crippen LogP contribution in [0.5, 0.6) is 0 Å². The van der Waals surface area contributed by atoms with Crippen molar-refractivity contribution in [3.8, 4) is 12.3 Å². The zero-order valence-corrected chi connectivity index (χ0v) is 9.24. The monoisotopic (exact) mass is 212 g/mol.